The van der Waals surface area contributed by atoms with Crippen LogP contribution in [0, 0.1) is 0 Å². The Hall–Kier alpha value is -2.04. The molecule has 0 saturated heterocycles. The summed E-state index contributed by atoms with van der Waals surface area (Å²) in [4.78, 5) is 24.5. The Morgan fingerprint density at radius 2 is 1.95 bits per heavy atom. The van der Waals surface area contributed by atoms with E-state index in [1.807, 2.05) is 18.2 Å². The Kier molecular flexibility index (Phi) is 4.61. The third kappa shape index (κ3) is 3.98. The second kappa shape index (κ2) is 6.41. The monoisotopic (exact) mass is 275 g/mol. The first kappa shape index (κ1) is 14.4. The fourth-order valence-corrected chi connectivity index (χ4v) is 2.15. The van der Waals surface area contributed by atoms with Crippen LogP contribution in [0.5, 0.6) is 0 Å². The molecule has 0 aromatic heterocycles. The molecule has 3 amide bonds. The molecule has 0 spiro atoms. The molecule has 5 heteroatoms. The average molecular weight is 275 g/mol. The van der Waals surface area contributed by atoms with Crippen LogP contribution in [0.3, 0.4) is 0 Å². The molecule has 1 aromatic carbocycles. The van der Waals surface area contributed by atoms with Gasteiger partial charge in [-0.25, -0.2) is 4.79 Å². The highest BCUT2D eigenvalue weighted by atomic mass is 16.2. The lowest BCUT2D eigenvalue weighted by Crippen LogP contribution is -2.39. The van der Waals surface area contributed by atoms with Gasteiger partial charge < -0.3 is 15.5 Å². The van der Waals surface area contributed by atoms with E-state index in [-0.39, 0.29) is 18.0 Å². The molecule has 2 atom stereocenters. The summed E-state index contributed by atoms with van der Waals surface area (Å²) in [6, 6.07) is 10.2. The summed E-state index contributed by atoms with van der Waals surface area (Å²) in [5, 5.41) is 5.64. The van der Waals surface area contributed by atoms with Crippen LogP contribution in [0.1, 0.15) is 24.3 Å². The second-order valence-electron chi connectivity index (χ2n) is 5.30. The van der Waals surface area contributed by atoms with Crippen molar-refractivity contribution >= 4 is 11.9 Å². The second-order valence-corrected chi connectivity index (χ2v) is 5.30. The minimum atomic E-state index is -0.194. The van der Waals surface area contributed by atoms with Gasteiger partial charge in [0.2, 0.25) is 5.91 Å². The lowest BCUT2D eigenvalue weighted by atomic mass is 10.1. The third-order valence-corrected chi connectivity index (χ3v) is 3.46. The Morgan fingerprint density at radius 1 is 1.25 bits per heavy atom. The van der Waals surface area contributed by atoms with Crippen molar-refractivity contribution < 1.29 is 9.59 Å². The smallest absolute Gasteiger partial charge is 0.315 e. The highest BCUT2D eigenvalue weighted by Crippen LogP contribution is 2.40. The maximum Gasteiger partial charge on any atom is 0.315 e. The number of carbonyl (C=O) groups excluding carboxylic acids is 2. The number of nitrogens with one attached hydrogen (secondary N) is 2. The quantitative estimate of drug-likeness (QED) is 0.851. The molecule has 20 heavy (non-hydrogen) atoms. The van der Waals surface area contributed by atoms with Crippen molar-refractivity contribution in [3.8, 4) is 0 Å². The fraction of sp³-hybridized carbons (Fsp3) is 0.467. The molecule has 0 radical (unpaired) electrons. The van der Waals surface area contributed by atoms with E-state index in [1.54, 1.807) is 14.1 Å². The molecule has 0 unspecified atom stereocenters. The third-order valence-electron chi connectivity index (χ3n) is 3.46. The predicted molar refractivity (Wildman–Crippen MR) is 77.4 cm³/mol. The maximum atomic E-state index is 11.7. The molecule has 1 aromatic rings. The van der Waals surface area contributed by atoms with Gasteiger partial charge in [0.1, 0.15) is 0 Å². The van der Waals surface area contributed by atoms with Gasteiger partial charge in [-0.1, -0.05) is 30.3 Å². The molecule has 1 saturated carbocycles. The van der Waals surface area contributed by atoms with Crippen molar-refractivity contribution in [1.82, 2.24) is 15.5 Å². The zero-order valence-electron chi connectivity index (χ0n) is 11.9. The van der Waals surface area contributed by atoms with Crippen molar-refractivity contribution in [1.29, 1.82) is 0 Å². The lowest BCUT2D eigenvalue weighted by molar-refractivity contribution is -0.128. The van der Waals surface area contributed by atoms with Crippen molar-refractivity contribution in [3.05, 3.63) is 35.9 Å². The molecule has 0 aliphatic heterocycles. The van der Waals surface area contributed by atoms with Gasteiger partial charge in [0.15, 0.2) is 0 Å². The number of rotatable bonds is 5. The number of nitrogens with zero attached hydrogens (tertiary/aromatic N) is 1. The molecule has 1 aliphatic rings. The van der Waals surface area contributed by atoms with E-state index in [2.05, 4.69) is 22.8 Å². The van der Waals surface area contributed by atoms with Gasteiger partial charge in [0.05, 0.1) is 0 Å². The highest BCUT2D eigenvalue weighted by Gasteiger charge is 2.39. The fourth-order valence-electron chi connectivity index (χ4n) is 2.15. The molecule has 1 fully saturated rings. The van der Waals surface area contributed by atoms with Gasteiger partial charge in [0.25, 0.3) is 0 Å². The van der Waals surface area contributed by atoms with E-state index in [9.17, 15) is 9.59 Å². The zero-order valence-corrected chi connectivity index (χ0v) is 11.9. The van der Waals surface area contributed by atoms with Gasteiger partial charge in [0, 0.05) is 39.0 Å². The Bertz CT molecular complexity index is 473. The van der Waals surface area contributed by atoms with Crippen LogP contribution in [0.2, 0.25) is 0 Å². The number of hydrogen-bond acceptors (Lipinski definition) is 2. The topological polar surface area (TPSA) is 61.4 Å². The highest BCUT2D eigenvalue weighted by molar-refractivity contribution is 5.78. The minimum absolute atomic E-state index is 0.0129. The van der Waals surface area contributed by atoms with E-state index in [4.69, 9.17) is 0 Å². The molecule has 0 bridgehead atoms. The van der Waals surface area contributed by atoms with Crippen LogP contribution >= 0.6 is 0 Å². The van der Waals surface area contributed by atoms with Gasteiger partial charge in [-0.3, -0.25) is 4.79 Å². The van der Waals surface area contributed by atoms with E-state index in [1.165, 1.54) is 10.5 Å². The number of benzene rings is 1. The van der Waals surface area contributed by atoms with E-state index >= 15 is 0 Å². The van der Waals surface area contributed by atoms with Crippen molar-refractivity contribution in [2.75, 3.05) is 20.6 Å². The summed E-state index contributed by atoms with van der Waals surface area (Å²) >= 11 is 0. The van der Waals surface area contributed by atoms with E-state index in [0.717, 1.165) is 6.42 Å². The Morgan fingerprint density at radius 3 is 2.60 bits per heavy atom. The summed E-state index contributed by atoms with van der Waals surface area (Å²) in [7, 11) is 3.41. The largest absolute Gasteiger partial charge is 0.349 e. The SMILES string of the molecule is CN(C)C(=O)CCNC(=O)N[C@H]1C[C@@H]1c1ccccc1. The molecule has 2 N–H and O–H groups in total. The standard InChI is InChI=1S/C15H21N3O2/c1-18(2)14(19)8-9-16-15(20)17-13-10-12(13)11-6-4-3-5-7-11/h3-7,12-13H,8-10H2,1-2H3,(H2,16,17,20)/t12-,13+/m1/s1. The molecule has 5 nitrogen and oxygen atoms in total. The first-order chi connectivity index (χ1) is 9.58. The normalized spacial score (nSPS) is 20.1. The van der Waals surface area contributed by atoms with Crippen molar-refractivity contribution in [2.45, 2.75) is 24.8 Å². The molecular formula is C15H21N3O2. The van der Waals surface area contributed by atoms with Crippen LogP contribution in [0.15, 0.2) is 30.3 Å². The van der Waals surface area contributed by atoms with Crippen molar-refractivity contribution in [3.63, 3.8) is 0 Å². The van der Waals surface area contributed by atoms with Crippen LogP contribution in [-0.2, 0) is 4.79 Å². The van der Waals surface area contributed by atoms with Crippen molar-refractivity contribution in [2.24, 2.45) is 0 Å². The summed E-state index contributed by atoms with van der Waals surface area (Å²) in [6.45, 7) is 0.367. The van der Waals surface area contributed by atoms with Crippen LogP contribution in [-0.4, -0.2) is 43.5 Å². The zero-order chi connectivity index (χ0) is 14.5. The summed E-state index contributed by atoms with van der Waals surface area (Å²) < 4.78 is 0. The first-order valence-corrected chi connectivity index (χ1v) is 6.87. The number of amides is 3. The Balaban J connectivity index is 1.66. The van der Waals surface area contributed by atoms with Crippen LogP contribution in [0.25, 0.3) is 0 Å². The van der Waals surface area contributed by atoms with Crippen LogP contribution in [0.4, 0.5) is 4.79 Å². The van der Waals surface area contributed by atoms with E-state index in [0.29, 0.717) is 18.9 Å². The molecule has 2 rings (SSSR count). The molecule has 0 heterocycles. The first-order valence-electron chi connectivity index (χ1n) is 6.87. The van der Waals surface area contributed by atoms with Gasteiger partial charge in [-0.2, -0.15) is 0 Å². The molecule has 1 aliphatic carbocycles. The Labute approximate surface area is 119 Å². The predicted octanol–water partition coefficient (Wildman–Crippen LogP) is 1.32. The van der Waals surface area contributed by atoms with Gasteiger partial charge >= 0.3 is 6.03 Å². The van der Waals surface area contributed by atoms with Gasteiger partial charge in [-0.05, 0) is 12.0 Å². The number of carbonyl (C=O) groups is 2. The number of hydrogen-bond donors (Lipinski definition) is 2. The van der Waals surface area contributed by atoms with Crippen LogP contribution < -0.4 is 10.6 Å². The molecular weight excluding hydrogens is 254 g/mol. The molecule has 108 valence electrons. The summed E-state index contributed by atoms with van der Waals surface area (Å²) in [5.41, 5.74) is 1.26. The summed E-state index contributed by atoms with van der Waals surface area (Å²) in [5.74, 6) is 0.434. The summed E-state index contributed by atoms with van der Waals surface area (Å²) in [6.07, 6.45) is 1.31. The lowest BCUT2D eigenvalue weighted by Gasteiger charge is -2.11. The van der Waals surface area contributed by atoms with Gasteiger partial charge in [-0.15, -0.1) is 0 Å². The minimum Gasteiger partial charge on any atom is -0.349 e. The average Bonchev–Trinajstić information content (AvgIpc) is 3.18. The maximum absolute atomic E-state index is 11.7. The number of urea groups is 1. The van der Waals surface area contributed by atoms with E-state index < -0.39 is 0 Å².